The number of nitrogens with zero attached hydrogens (tertiary/aromatic N) is 4. The van der Waals surface area contributed by atoms with Gasteiger partial charge in [-0.3, -0.25) is 9.36 Å². The monoisotopic (exact) mass is 670 g/mol. The SMILES string of the molecule is C=CC(=O)N1CCN(c2nc(=O)n3c4c(c(-c5cc(Br)c(F)cc5F)c(C(F)(F)F)cc24)SCC2(COC2)C3)C(C)C1. The van der Waals surface area contributed by atoms with Crippen LogP contribution in [0.5, 0.6) is 0 Å². The zero-order valence-electron chi connectivity index (χ0n) is 22.2. The van der Waals surface area contributed by atoms with E-state index in [0.717, 1.165) is 23.9 Å². The summed E-state index contributed by atoms with van der Waals surface area (Å²) < 4.78 is 80.6. The fourth-order valence-corrected chi connectivity index (χ4v) is 7.65. The van der Waals surface area contributed by atoms with E-state index >= 15 is 4.39 Å². The second-order valence-corrected chi connectivity index (χ2v) is 12.7. The third kappa shape index (κ3) is 4.71. The van der Waals surface area contributed by atoms with Gasteiger partial charge in [-0.2, -0.15) is 18.2 Å². The number of hydrogen-bond donors (Lipinski definition) is 0. The average molecular weight is 671 g/mol. The molecule has 2 aromatic carbocycles. The quantitative estimate of drug-likeness (QED) is 0.209. The van der Waals surface area contributed by atoms with Gasteiger partial charge in [-0.25, -0.2) is 13.6 Å². The minimum absolute atomic E-state index is 0.0601. The number of alkyl halides is 3. The Morgan fingerprint density at radius 1 is 1.21 bits per heavy atom. The molecule has 1 atom stereocenters. The van der Waals surface area contributed by atoms with E-state index in [9.17, 15) is 27.2 Å². The highest BCUT2D eigenvalue weighted by molar-refractivity contribution is 9.10. The normalized spacial score (nSPS) is 20.0. The van der Waals surface area contributed by atoms with Crippen molar-refractivity contribution < 1.29 is 31.5 Å². The Kier molecular flexibility index (Phi) is 7.17. The van der Waals surface area contributed by atoms with Gasteiger partial charge >= 0.3 is 11.9 Å². The van der Waals surface area contributed by atoms with Crippen LogP contribution in [0.4, 0.5) is 27.8 Å². The van der Waals surface area contributed by atoms with E-state index in [-0.39, 0.29) is 64.2 Å². The first-order valence-corrected chi connectivity index (χ1v) is 14.8. The summed E-state index contributed by atoms with van der Waals surface area (Å²) in [5.41, 5.74) is -3.00. The van der Waals surface area contributed by atoms with Crippen LogP contribution in [0.1, 0.15) is 12.5 Å². The van der Waals surface area contributed by atoms with Crippen molar-refractivity contribution in [2.75, 3.05) is 43.5 Å². The van der Waals surface area contributed by atoms with E-state index in [1.807, 2.05) is 0 Å². The van der Waals surface area contributed by atoms with Crippen LogP contribution in [0.2, 0.25) is 0 Å². The zero-order valence-corrected chi connectivity index (χ0v) is 24.6. The minimum Gasteiger partial charge on any atom is -0.380 e. The number of benzene rings is 2. The molecule has 1 spiro atoms. The summed E-state index contributed by atoms with van der Waals surface area (Å²) in [5, 5.41) is 0.0856. The van der Waals surface area contributed by atoms with E-state index in [1.54, 1.807) is 16.7 Å². The van der Waals surface area contributed by atoms with Gasteiger partial charge in [0.15, 0.2) is 0 Å². The molecule has 4 heterocycles. The fraction of sp³-hybridized carbons (Fsp3) is 0.393. The Bertz CT molecular complexity index is 1710. The van der Waals surface area contributed by atoms with Crippen LogP contribution >= 0.6 is 27.7 Å². The molecule has 7 nitrogen and oxygen atoms in total. The molecule has 1 amide bonds. The van der Waals surface area contributed by atoms with Crippen LogP contribution in [0.3, 0.4) is 0 Å². The lowest BCUT2D eigenvalue weighted by Crippen LogP contribution is -2.54. The Hall–Kier alpha value is -2.97. The number of rotatable bonds is 3. The first-order valence-electron chi connectivity index (χ1n) is 13.1. The van der Waals surface area contributed by atoms with Crippen LogP contribution in [0.15, 0.2) is 45.0 Å². The first kappa shape index (κ1) is 29.1. The van der Waals surface area contributed by atoms with Gasteiger partial charge < -0.3 is 14.5 Å². The molecule has 6 rings (SSSR count). The summed E-state index contributed by atoms with van der Waals surface area (Å²) in [6.07, 6.45) is -3.74. The van der Waals surface area contributed by atoms with Crippen molar-refractivity contribution in [3.63, 3.8) is 0 Å². The van der Waals surface area contributed by atoms with Gasteiger partial charge in [-0.1, -0.05) is 6.58 Å². The molecule has 1 aromatic heterocycles. The molecular weight excluding hydrogens is 647 g/mol. The lowest BCUT2D eigenvalue weighted by Gasteiger charge is -2.41. The van der Waals surface area contributed by atoms with Gasteiger partial charge in [0.1, 0.15) is 17.5 Å². The Morgan fingerprint density at radius 2 is 1.95 bits per heavy atom. The third-order valence-corrected chi connectivity index (χ3v) is 10.1. The number of halogens is 6. The highest BCUT2D eigenvalue weighted by Crippen LogP contribution is 2.51. The number of piperazine rings is 1. The molecule has 222 valence electrons. The number of aromatic nitrogens is 2. The smallest absolute Gasteiger partial charge is 0.380 e. The molecule has 3 aliphatic heterocycles. The van der Waals surface area contributed by atoms with Crippen LogP contribution in [-0.4, -0.2) is 65.0 Å². The molecule has 0 bridgehead atoms. The maximum absolute atomic E-state index is 15.3. The van der Waals surface area contributed by atoms with Crippen LogP contribution in [-0.2, 0) is 22.3 Å². The number of carbonyl (C=O) groups excluding carboxylic acids is 1. The maximum atomic E-state index is 15.3. The molecule has 3 aromatic rings. The van der Waals surface area contributed by atoms with E-state index in [4.69, 9.17) is 4.74 Å². The van der Waals surface area contributed by atoms with E-state index < -0.39 is 45.6 Å². The van der Waals surface area contributed by atoms with Crippen molar-refractivity contribution in [1.29, 1.82) is 0 Å². The molecule has 0 aliphatic carbocycles. The summed E-state index contributed by atoms with van der Waals surface area (Å²) in [6.45, 7) is 6.79. The number of hydrogen-bond acceptors (Lipinski definition) is 6. The van der Waals surface area contributed by atoms with Crippen molar-refractivity contribution in [3.05, 3.63) is 63.0 Å². The number of amides is 1. The molecule has 0 radical (unpaired) electrons. The summed E-state index contributed by atoms with van der Waals surface area (Å²) in [7, 11) is 0. The molecule has 0 saturated carbocycles. The van der Waals surface area contributed by atoms with Gasteiger partial charge in [0.05, 0.1) is 28.8 Å². The lowest BCUT2D eigenvalue weighted by atomic mass is 9.88. The summed E-state index contributed by atoms with van der Waals surface area (Å²) in [5.74, 6) is -2.02. The molecule has 14 heteroatoms. The van der Waals surface area contributed by atoms with E-state index in [1.165, 1.54) is 10.6 Å². The number of thioether (sulfide) groups is 1. The fourth-order valence-electron chi connectivity index (χ4n) is 5.88. The molecule has 2 saturated heterocycles. The van der Waals surface area contributed by atoms with E-state index in [0.29, 0.717) is 25.0 Å². The summed E-state index contributed by atoms with van der Waals surface area (Å²) in [4.78, 5) is 33.5. The lowest BCUT2D eigenvalue weighted by molar-refractivity contribution is -0.137. The van der Waals surface area contributed by atoms with Gasteiger partial charge in [0.2, 0.25) is 5.91 Å². The molecular formula is C28H24BrF5N4O3S. The molecule has 42 heavy (non-hydrogen) atoms. The second kappa shape index (κ2) is 10.3. The highest BCUT2D eigenvalue weighted by atomic mass is 79.9. The van der Waals surface area contributed by atoms with Crippen LogP contribution in [0, 0.1) is 17.0 Å². The minimum atomic E-state index is -4.93. The maximum Gasteiger partial charge on any atom is 0.417 e. The predicted molar refractivity (Wildman–Crippen MR) is 152 cm³/mol. The highest BCUT2D eigenvalue weighted by Gasteiger charge is 2.45. The molecule has 3 aliphatic rings. The zero-order chi connectivity index (χ0) is 30.1. The van der Waals surface area contributed by atoms with Crippen LogP contribution in [0.25, 0.3) is 22.0 Å². The molecule has 0 N–H and O–H groups in total. The topological polar surface area (TPSA) is 67.7 Å². The standard InChI is InChI=1S/C28H24BrF5N4O3S/c1-3-21(39)36-4-5-37(14(2)9-36)25-16-6-17(28(32,33)34)22(15-7-18(29)20(31)8-19(15)30)24-23(16)38(26(40)35-25)10-27(13-42-24)11-41-12-27/h3,6-8,14H,1,4-5,9-13H2,2H3. The van der Waals surface area contributed by atoms with E-state index in [2.05, 4.69) is 27.5 Å². The van der Waals surface area contributed by atoms with Crippen molar-refractivity contribution in [2.45, 2.75) is 30.6 Å². The van der Waals surface area contributed by atoms with Gasteiger partial charge in [-0.15, -0.1) is 11.8 Å². The Morgan fingerprint density at radius 3 is 2.57 bits per heavy atom. The largest absolute Gasteiger partial charge is 0.417 e. The Labute approximate surface area is 249 Å². The van der Waals surface area contributed by atoms with Crippen molar-refractivity contribution in [3.8, 4) is 11.1 Å². The Balaban J connectivity index is 1.66. The molecule has 2 fully saturated rings. The second-order valence-electron chi connectivity index (χ2n) is 10.9. The summed E-state index contributed by atoms with van der Waals surface area (Å²) >= 11 is 4.08. The predicted octanol–water partition coefficient (Wildman–Crippen LogP) is 5.47. The van der Waals surface area contributed by atoms with Crippen molar-refractivity contribution in [1.82, 2.24) is 14.5 Å². The average Bonchev–Trinajstić information content (AvgIpc) is 3.11. The number of carbonyl (C=O) groups is 1. The van der Waals surface area contributed by atoms with Gasteiger partial charge in [0.25, 0.3) is 0 Å². The van der Waals surface area contributed by atoms with Crippen LogP contribution < -0.4 is 10.6 Å². The van der Waals surface area contributed by atoms with Crippen molar-refractivity contribution in [2.24, 2.45) is 5.41 Å². The molecule has 1 unspecified atom stereocenters. The number of ether oxygens (including phenoxy) is 1. The number of anilines is 1. The third-order valence-electron chi connectivity index (χ3n) is 8.00. The first-order chi connectivity index (χ1) is 19.8. The van der Waals surface area contributed by atoms with Gasteiger partial charge in [0, 0.05) is 70.9 Å². The van der Waals surface area contributed by atoms with Gasteiger partial charge in [-0.05, 0) is 41.1 Å². The van der Waals surface area contributed by atoms with Crippen molar-refractivity contribution >= 4 is 50.3 Å². The summed E-state index contributed by atoms with van der Waals surface area (Å²) in [6, 6.07) is 2.05.